The number of unbranched alkanes of at least 4 members (excludes halogenated alkanes) is 1. The van der Waals surface area contributed by atoms with Crippen LogP contribution in [0.4, 0.5) is 0 Å². The quantitative estimate of drug-likeness (QED) is 0.0503. The minimum atomic E-state index is -1.36. The summed E-state index contributed by atoms with van der Waals surface area (Å²) in [6.07, 6.45) is 1.53. The summed E-state index contributed by atoms with van der Waals surface area (Å²) in [4.78, 5) is 63.8. The number of nitrogens with two attached hydrogens (primary N) is 5. The Morgan fingerprint density at radius 2 is 1.46 bits per heavy atom. The first-order valence-corrected chi connectivity index (χ1v) is 11.3. The zero-order valence-corrected chi connectivity index (χ0v) is 20.0. The number of primary amides is 1. The van der Waals surface area contributed by atoms with Crippen molar-refractivity contribution >= 4 is 35.6 Å². The molecule has 0 spiro atoms. The van der Waals surface area contributed by atoms with Crippen molar-refractivity contribution in [1.82, 2.24) is 16.0 Å². The Hall–Kier alpha value is -3.46. The van der Waals surface area contributed by atoms with Crippen molar-refractivity contribution in [2.45, 2.75) is 76.0 Å². The second-order valence-corrected chi connectivity index (χ2v) is 8.04. The van der Waals surface area contributed by atoms with Crippen molar-refractivity contribution in [2.24, 2.45) is 33.7 Å². The van der Waals surface area contributed by atoms with Crippen LogP contribution in [0.2, 0.25) is 0 Å². The minimum absolute atomic E-state index is 0.0686. The zero-order chi connectivity index (χ0) is 27.0. The van der Waals surface area contributed by atoms with Crippen LogP contribution >= 0.6 is 0 Å². The molecule has 35 heavy (non-hydrogen) atoms. The molecular formula is C20H39N9O6. The van der Waals surface area contributed by atoms with E-state index in [2.05, 4.69) is 20.9 Å². The third kappa shape index (κ3) is 14.4. The third-order valence-electron chi connectivity index (χ3n) is 4.93. The first-order chi connectivity index (χ1) is 16.4. The lowest BCUT2D eigenvalue weighted by Gasteiger charge is -2.23. The number of hydrogen-bond donors (Lipinski definition) is 9. The van der Waals surface area contributed by atoms with E-state index in [1.807, 2.05) is 0 Å². The molecule has 0 radical (unpaired) electrons. The van der Waals surface area contributed by atoms with Gasteiger partial charge in [-0.2, -0.15) is 0 Å². The Morgan fingerprint density at radius 3 is 2.00 bits per heavy atom. The number of guanidine groups is 1. The van der Waals surface area contributed by atoms with Crippen molar-refractivity contribution in [3.05, 3.63) is 0 Å². The Morgan fingerprint density at radius 1 is 0.829 bits per heavy atom. The molecule has 4 unspecified atom stereocenters. The molecule has 0 bridgehead atoms. The van der Waals surface area contributed by atoms with Crippen LogP contribution in [-0.2, 0) is 24.0 Å². The fraction of sp³-hybridized carbons (Fsp3) is 0.700. The molecule has 0 saturated carbocycles. The summed E-state index contributed by atoms with van der Waals surface area (Å²) in [7, 11) is 0. The van der Waals surface area contributed by atoms with Crippen molar-refractivity contribution in [3.63, 3.8) is 0 Å². The summed E-state index contributed by atoms with van der Waals surface area (Å²) in [5, 5.41) is 16.6. The standard InChI is InChI=1S/C20H39N9O6/c1-11(27-17(32)12(22)5-4-10-26-20(24)25)16(31)28-13(6-2-3-9-21)18(33)29-14(19(34)35)7-8-15(23)30/h11-14H,2-10,21-22H2,1H3,(H2,23,30)(H,27,32)(H,28,31)(H,29,33)(H,34,35)(H4,24,25,26). The molecule has 15 heteroatoms. The Bertz CT molecular complexity index is 757. The molecular weight excluding hydrogens is 462 g/mol. The number of carboxylic acids is 1. The van der Waals surface area contributed by atoms with E-state index in [0.29, 0.717) is 32.4 Å². The van der Waals surface area contributed by atoms with Crippen molar-refractivity contribution in [1.29, 1.82) is 0 Å². The molecule has 0 aliphatic rings. The van der Waals surface area contributed by atoms with Gasteiger partial charge >= 0.3 is 5.97 Å². The maximum absolute atomic E-state index is 12.7. The topological polar surface area (TPSA) is 284 Å². The van der Waals surface area contributed by atoms with E-state index in [4.69, 9.17) is 28.7 Å². The zero-order valence-electron chi connectivity index (χ0n) is 20.0. The second kappa shape index (κ2) is 17.0. The molecule has 0 aliphatic carbocycles. The molecule has 0 heterocycles. The molecule has 0 aromatic rings. The lowest BCUT2D eigenvalue weighted by atomic mass is 10.1. The second-order valence-electron chi connectivity index (χ2n) is 8.04. The van der Waals surface area contributed by atoms with Crippen LogP contribution < -0.4 is 44.6 Å². The van der Waals surface area contributed by atoms with Gasteiger partial charge in [0.05, 0.1) is 6.04 Å². The van der Waals surface area contributed by atoms with E-state index in [0.717, 1.165) is 0 Å². The number of carboxylic acid groups (broad SMARTS) is 1. The molecule has 4 atom stereocenters. The van der Waals surface area contributed by atoms with Crippen LogP contribution in [0.5, 0.6) is 0 Å². The number of nitrogens with one attached hydrogen (secondary N) is 3. The van der Waals surface area contributed by atoms with Gasteiger partial charge in [-0.1, -0.05) is 0 Å². The van der Waals surface area contributed by atoms with E-state index < -0.39 is 53.8 Å². The Kier molecular flexibility index (Phi) is 15.4. The van der Waals surface area contributed by atoms with Crippen LogP contribution in [0.15, 0.2) is 4.99 Å². The summed E-state index contributed by atoms with van der Waals surface area (Å²) >= 11 is 0. The number of carbonyl (C=O) groups excluding carboxylic acids is 4. The van der Waals surface area contributed by atoms with Crippen LogP contribution in [0.1, 0.15) is 51.9 Å². The number of aliphatic carboxylic acids is 1. The molecule has 0 fully saturated rings. The number of amides is 4. The maximum atomic E-state index is 12.7. The average molecular weight is 502 g/mol. The highest BCUT2D eigenvalue weighted by molar-refractivity contribution is 5.94. The number of carbonyl (C=O) groups is 5. The summed E-state index contributed by atoms with van der Waals surface area (Å²) in [6.45, 7) is 2.09. The van der Waals surface area contributed by atoms with Crippen molar-refractivity contribution in [3.8, 4) is 0 Å². The first kappa shape index (κ1) is 31.5. The van der Waals surface area contributed by atoms with E-state index in [-0.39, 0.29) is 31.6 Å². The predicted octanol–water partition coefficient (Wildman–Crippen LogP) is -3.68. The van der Waals surface area contributed by atoms with Gasteiger partial charge in [0.25, 0.3) is 0 Å². The average Bonchev–Trinajstić information content (AvgIpc) is 2.77. The Labute approximate surface area is 204 Å². The monoisotopic (exact) mass is 501 g/mol. The van der Waals surface area contributed by atoms with Crippen LogP contribution in [0.25, 0.3) is 0 Å². The van der Waals surface area contributed by atoms with Crippen LogP contribution in [0.3, 0.4) is 0 Å². The lowest BCUT2D eigenvalue weighted by Crippen LogP contribution is -2.56. The normalized spacial score (nSPS) is 14.0. The maximum Gasteiger partial charge on any atom is 0.326 e. The molecule has 0 aliphatic heterocycles. The molecule has 14 N–H and O–H groups in total. The van der Waals surface area contributed by atoms with Gasteiger partial charge < -0.3 is 49.7 Å². The third-order valence-corrected chi connectivity index (χ3v) is 4.93. The first-order valence-electron chi connectivity index (χ1n) is 11.3. The molecule has 0 saturated heterocycles. The number of nitrogens with zero attached hydrogens (tertiary/aromatic N) is 1. The molecule has 0 aromatic carbocycles. The summed E-state index contributed by atoms with van der Waals surface area (Å²) < 4.78 is 0. The highest BCUT2D eigenvalue weighted by Crippen LogP contribution is 2.05. The van der Waals surface area contributed by atoms with Gasteiger partial charge in [-0.25, -0.2) is 4.79 Å². The molecule has 15 nitrogen and oxygen atoms in total. The summed E-state index contributed by atoms with van der Waals surface area (Å²) in [6, 6.07) is -4.37. The summed E-state index contributed by atoms with van der Waals surface area (Å²) in [5.74, 6) is -4.11. The molecule has 0 aromatic heterocycles. The number of aliphatic imine (C=N–C) groups is 1. The summed E-state index contributed by atoms with van der Waals surface area (Å²) in [5.41, 5.74) is 26.8. The fourth-order valence-corrected chi connectivity index (χ4v) is 2.91. The van der Waals surface area contributed by atoms with E-state index in [1.165, 1.54) is 6.92 Å². The molecule has 4 amide bonds. The lowest BCUT2D eigenvalue weighted by molar-refractivity contribution is -0.142. The highest BCUT2D eigenvalue weighted by atomic mass is 16.4. The SMILES string of the molecule is CC(NC(=O)C(N)CCCN=C(N)N)C(=O)NC(CCCCN)C(=O)NC(CCC(N)=O)C(=O)O. The van der Waals surface area contributed by atoms with Crippen molar-refractivity contribution in [2.75, 3.05) is 13.1 Å². The van der Waals surface area contributed by atoms with Gasteiger partial charge in [0.15, 0.2) is 5.96 Å². The van der Waals surface area contributed by atoms with Gasteiger partial charge in [-0.15, -0.1) is 0 Å². The van der Waals surface area contributed by atoms with E-state index >= 15 is 0 Å². The van der Waals surface area contributed by atoms with E-state index in [9.17, 15) is 29.1 Å². The van der Waals surface area contributed by atoms with Gasteiger partial charge in [0.1, 0.15) is 18.1 Å². The fourth-order valence-electron chi connectivity index (χ4n) is 2.91. The van der Waals surface area contributed by atoms with Gasteiger partial charge in [0.2, 0.25) is 23.6 Å². The van der Waals surface area contributed by atoms with E-state index in [1.54, 1.807) is 0 Å². The van der Waals surface area contributed by atoms with Crippen molar-refractivity contribution < 1.29 is 29.1 Å². The van der Waals surface area contributed by atoms with Gasteiger partial charge in [-0.05, 0) is 52.0 Å². The largest absolute Gasteiger partial charge is 0.480 e. The predicted molar refractivity (Wildman–Crippen MR) is 128 cm³/mol. The van der Waals surface area contributed by atoms with Crippen LogP contribution in [0, 0.1) is 0 Å². The highest BCUT2D eigenvalue weighted by Gasteiger charge is 2.28. The molecule has 200 valence electrons. The minimum Gasteiger partial charge on any atom is -0.480 e. The smallest absolute Gasteiger partial charge is 0.326 e. The van der Waals surface area contributed by atoms with Crippen LogP contribution in [-0.4, -0.2) is 77.9 Å². The number of hydrogen-bond acceptors (Lipinski definition) is 8. The van der Waals surface area contributed by atoms with Gasteiger partial charge in [-0.3, -0.25) is 24.2 Å². The van der Waals surface area contributed by atoms with Gasteiger partial charge in [0, 0.05) is 13.0 Å². The Balaban J connectivity index is 5.04. The number of rotatable bonds is 18. The molecule has 0 rings (SSSR count).